The van der Waals surface area contributed by atoms with Crippen molar-refractivity contribution < 1.29 is 19.4 Å². The molecule has 0 radical (unpaired) electrons. The molecule has 0 bridgehead atoms. The second kappa shape index (κ2) is 7.42. The van der Waals surface area contributed by atoms with E-state index in [0.717, 1.165) is 11.1 Å². The fraction of sp³-hybridized carbons (Fsp3) is 0.444. The van der Waals surface area contributed by atoms with Crippen LogP contribution in [0.3, 0.4) is 0 Å². The number of nitrogens with zero attached hydrogens (tertiary/aromatic N) is 1. The summed E-state index contributed by atoms with van der Waals surface area (Å²) in [5.41, 5.74) is 1.89. The zero-order valence-corrected chi connectivity index (χ0v) is 13.6. The van der Waals surface area contributed by atoms with E-state index in [-0.39, 0.29) is 11.8 Å². The Hall–Kier alpha value is -2.14. The number of rotatable bonds is 6. The van der Waals surface area contributed by atoms with Crippen LogP contribution in [0.5, 0.6) is 0 Å². The summed E-state index contributed by atoms with van der Waals surface area (Å²) < 4.78 is 5.48. The van der Waals surface area contributed by atoms with Crippen LogP contribution in [0.15, 0.2) is 42.5 Å². The number of hydrogen-bond donors (Lipinski definition) is 1. The van der Waals surface area contributed by atoms with E-state index in [1.807, 2.05) is 37.3 Å². The molecule has 1 heterocycles. The Labute approximate surface area is 136 Å². The topological polar surface area (TPSA) is 66.8 Å². The molecule has 0 aromatic heterocycles. The largest absolute Gasteiger partial charge is 0.479 e. The van der Waals surface area contributed by atoms with E-state index in [9.17, 15) is 9.59 Å². The fourth-order valence-electron chi connectivity index (χ4n) is 2.83. The van der Waals surface area contributed by atoms with Gasteiger partial charge in [0.15, 0.2) is 6.10 Å². The van der Waals surface area contributed by atoms with Gasteiger partial charge in [-0.15, -0.1) is 0 Å². The minimum absolute atomic E-state index is 0.174. The second-order valence-electron chi connectivity index (χ2n) is 6.23. The third kappa shape index (κ3) is 4.42. The van der Waals surface area contributed by atoms with Crippen LogP contribution in [0.4, 0.5) is 0 Å². The maximum Gasteiger partial charge on any atom is 0.333 e. The van der Waals surface area contributed by atoms with Crippen molar-refractivity contribution in [3.8, 4) is 0 Å². The quantitative estimate of drug-likeness (QED) is 0.819. The van der Waals surface area contributed by atoms with Gasteiger partial charge in [0.1, 0.15) is 6.10 Å². The summed E-state index contributed by atoms with van der Waals surface area (Å²) in [7, 11) is 0. The Kier molecular flexibility index (Phi) is 5.55. The Morgan fingerprint density at radius 3 is 2.52 bits per heavy atom. The first-order valence-electron chi connectivity index (χ1n) is 7.74. The number of carbonyl (C=O) groups is 2. The van der Waals surface area contributed by atoms with E-state index in [0.29, 0.717) is 19.5 Å². The number of aliphatic carboxylic acids is 1. The number of carboxylic acids is 1. The monoisotopic (exact) mass is 317 g/mol. The van der Waals surface area contributed by atoms with Crippen molar-refractivity contribution in [2.75, 3.05) is 6.54 Å². The molecule has 3 atom stereocenters. The molecule has 5 heteroatoms. The van der Waals surface area contributed by atoms with Gasteiger partial charge in [0.2, 0.25) is 0 Å². The van der Waals surface area contributed by atoms with Crippen LogP contribution in [0.2, 0.25) is 0 Å². The standard InChI is InChI=1S/C18H23NO4/c1-12(2)10-19(11-14-7-5-4-6-8-14)17(20)15-9-13(3)16(23-15)18(21)22/h4-8,13,15-16H,1,9-11H2,2-3H3,(H,21,22)/t13-,15-,16-/m0/s1. The molecule has 1 aromatic carbocycles. The van der Waals surface area contributed by atoms with Crippen LogP contribution < -0.4 is 0 Å². The van der Waals surface area contributed by atoms with Crippen LogP contribution in [-0.4, -0.2) is 40.6 Å². The van der Waals surface area contributed by atoms with E-state index < -0.39 is 18.2 Å². The average Bonchev–Trinajstić information content (AvgIpc) is 2.88. The minimum Gasteiger partial charge on any atom is -0.479 e. The summed E-state index contributed by atoms with van der Waals surface area (Å²) in [5, 5.41) is 9.14. The van der Waals surface area contributed by atoms with Crippen LogP contribution >= 0.6 is 0 Å². The van der Waals surface area contributed by atoms with Crippen molar-refractivity contribution in [2.45, 2.75) is 39.0 Å². The Balaban J connectivity index is 2.11. The molecule has 1 aliphatic rings. The second-order valence-corrected chi connectivity index (χ2v) is 6.23. The van der Waals surface area contributed by atoms with Crippen molar-refractivity contribution in [3.63, 3.8) is 0 Å². The number of ether oxygens (including phenoxy) is 1. The summed E-state index contributed by atoms with van der Waals surface area (Å²) in [6.45, 7) is 8.42. The molecule has 0 spiro atoms. The molecule has 1 N–H and O–H groups in total. The number of carboxylic acid groups (broad SMARTS) is 1. The van der Waals surface area contributed by atoms with Crippen LogP contribution in [0.1, 0.15) is 25.8 Å². The number of benzene rings is 1. The number of hydrogen-bond acceptors (Lipinski definition) is 3. The van der Waals surface area contributed by atoms with E-state index in [1.165, 1.54) is 0 Å². The molecule has 124 valence electrons. The van der Waals surface area contributed by atoms with Crippen molar-refractivity contribution in [1.29, 1.82) is 0 Å². The smallest absolute Gasteiger partial charge is 0.333 e. The van der Waals surface area contributed by atoms with Gasteiger partial charge in [-0.25, -0.2) is 4.79 Å². The highest BCUT2D eigenvalue weighted by Crippen LogP contribution is 2.28. The number of carbonyl (C=O) groups excluding carboxylic acids is 1. The van der Waals surface area contributed by atoms with Crippen LogP contribution in [0.25, 0.3) is 0 Å². The lowest BCUT2D eigenvalue weighted by molar-refractivity contribution is -0.156. The molecule has 1 aliphatic heterocycles. The third-order valence-corrected chi connectivity index (χ3v) is 3.92. The van der Waals surface area contributed by atoms with Crippen LogP contribution in [0, 0.1) is 5.92 Å². The summed E-state index contributed by atoms with van der Waals surface area (Å²) >= 11 is 0. The van der Waals surface area contributed by atoms with E-state index in [2.05, 4.69) is 6.58 Å². The first kappa shape index (κ1) is 17.2. The molecule has 23 heavy (non-hydrogen) atoms. The van der Waals surface area contributed by atoms with Gasteiger partial charge in [0, 0.05) is 13.1 Å². The molecule has 1 amide bonds. The molecule has 1 saturated heterocycles. The van der Waals surface area contributed by atoms with Gasteiger partial charge >= 0.3 is 5.97 Å². The summed E-state index contributed by atoms with van der Waals surface area (Å²) in [6, 6.07) is 9.68. The first-order valence-corrected chi connectivity index (χ1v) is 7.74. The highest BCUT2D eigenvalue weighted by atomic mass is 16.5. The highest BCUT2D eigenvalue weighted by molar-refractivity contribution is 5.83. The summed E-state index contributed by atoms with van der Waals surface area (Å²) in [5.74, 6) is -1.36. The molecule has 0 unspecified atom stereocenters. The maximum absolute atomic E-state index is 12.8. The SMILES string of the molecule is C=C(C)CN(Cc1ccccc1)C(=O)[C@@H]1C[C@H](C)[C@@H](C(=O)O)O1. The summed E-state index contributed by atoms with van der Waals surface area (Å²) in [4.78, 5) is 25.6. The predicted molar refractivity (Wildman–Crippen MR) is 86.8 cm³/mol. The highest BCUT2D eigenvalue weighted by Gasteiger charge is 2.41. The van der Waals surface area contributed by atoms with Gasteiger partial charge in [0.25, 0.3) is 5.91 Å². The predicted octanol–water partition coefficient (Wildman–Crippen LogP) is 2.47. The normalized spacial score (nSPS) is 23.5. The number of amides is 1. The van der Waals surface area contributed by atoms with Gasteiger partial charge < -0.3 is 14.7 Å². The Morgan fingerprint density at radius 1 is 1.35 bits per heavy atom. The molecule has 2 rings (SSSR count). The zero-order valence-electron chi connectivity index (χ0n) is 13.6. The molecule has 0 aliphatic carbocycles. The lowest BCUT2D eigenvalue weighted by atomic mass is 10.0. The minimum atomic E-state index is -1.01. The van der Waals surface area contributed by atoms with Gasteiger partial charge in [-0.3, -0.25) is 4.79 Å². The van der Waals surface area contributed by atoms with Crippen LogP contribution in [-0.2, 0) is 20.9 Å². The van der Waals surface area contributed by atoms with E-state index >= 15 is 0 Å². The Bertz CT molecular complexity index is 584. The van der Waals surface area contributed by atoms with E-state index in [4.69, 9.17) is 9.84 Å². The lowest BCUT2D eigenvalue weighted by Gasteiger charge is -2.26. The van der Waals surface area contributed by atoms with Gasteiger partial charge in [-0.2, -0.15) is 0 Å². The molecule has 5 nitrogen and oxygen atoms in total. The van der Waals surface area contributed by atoms with Crippen molar-refractivity contribution in [3.05, 3.63) is 48.0 Å². The zero-order chi connectivity index (χ0) is 17.0. The molecule has 1 fully saturated rings. The maximum atomic E-state index is 12.8. The van der Waals surface area contributed by atoms with Gasteiger partial charge in [0.05, 0.1) is 0 Å². The average molecular weight is 317 g/mol. The lowest BCUT2D eigenvalue weighted by Crippen LogP contribution is -2.40. The molecular formula is C18H23NO4. The van der Waals surface area contributed by atoms with Crippen molar-refractivity contribution in [2.24, 2.45) is 5.92 Å². The van der Waals surface area contributed by atoms with Gasteiger partial charge in [-0.1, -0.05) is 49.4 Å². The van der Waals surface area contributed by atoms with Gasteiger partial charge in [-0.05, 0) is 24.8 Å². The molecule has 1 aromatic rings. The molecular weight excluding hydrogens is 294 g/mol. The third-order valence-electron chi connectivity index (χ3n) is 3.92. The fourth-order valence-corrected chi connectivity index (χ4v) is 2.83. The van der Waals surface area contributed by atoms with Crippen molar-refractivity contribution >= 4 is 11.9 Å². The molecule has 0 saturated carbocycles. The van der Waals surface area contributed by atoms with Crippen molar-refractivity contribution in [1.82, 2.24) is 4.90 Å². The Morgan fingerprint density at radius 2 is 2.00 bits per heavy atom. The summed E-state index contributed by atoms with van der Waals surface area (Å²) in [6.07, 6.45) is -1.18. The van der Waals surface area contributed by atoms with E-state index in [1.54, 1.807) is 11.8 Å². The first-order chi connectivity index (χ1) is 10.9.